The summed E-state index contributed by atoms with van der Waals surface area (Å²) in [5, 5.41) is 0. The van der Waals surface area contributed by atoms with E-state index in [2.05, 4.69) is 13.8 Å². The van der Waals surface area contributed by atoms with E-state index in [0.717, 1.165) is 49.7 Å². The van der Waals surface area contributed by atoms with Crippen molar-refractivity contribution in [2.45, 2.75) is 84.2 Å². The largest absolute Gasteiger partial charge is 0.493 e. The minimum atomic E-state index is -0.928. The molecule has 1 fully saturated rings. The summed E-state index contributed by atoms with van der Waals surface area (Å²) >= 11 is 0. The first-order valence-electron chi connectivity index (χ1n) is 14.1. The molecule has 5 heteroatoms. The Bertz CT molecular complexity index is 1170. The highest BCUT2D eigenvalue weighted by atomic mass is 19.2. The maximum Gasteiger partial charge on any atom is 0.200 e. The summed E-state index contributed by atoms with van der Waals surface area (Å²) < 4.78 is 55.6. The smallest absolute Gasteiger partial charge is 0.200 e. The molecule has 0 bridgehead atoms. The molecule has 0 saturated heterocycles. The zero-order chi connectivity index (χ0) is 26.9. The van der Waals surface area contributed by atoms with Crippen molar-refractivity contribution in [3.63, 3.8) is 0 Å². The lowest BCUT2D eigenvalue weighted by Crippen LogP contribution is -2.13. The van der Waals surface area contributed by atoms with Gasteiger partial charge in [0.2, 0.25) is 5.82 Å². The lowest BCUT2D eigenvalue weighted by Gasteiger charge is -2.27. The fourth-order valence-corrected chi connectivity index (χ4v) is 5.20. The Morgan fingerprint density at radius 2 is 1.50 bits per heavy atom. The van der Waals surface area contributed by atoms with Gasteiger partial charge in [0.1, 0.15) is 18.2 Å². The summed E-state index contributed by atoms with van der Waals surface area (Å²) in [5.74, 6) is -0.911. The molecule has 2 nitrogen and oxygen atoms in total. The topological polar surface area (TPSA) is 18.5 Å². The average Bonchev–Trinajstić information content (AvgIpc) is 2.93. The Balaban J connectivity index is 1.32. The Hall–Kier alpha value is -2.95. The molecule has 3 aromatic carbocycles. The van der Waals surface area contributed by atoms with Gasteiger partial charge in [0.05, 0.1) is 6.61 Å². The van der Waals surface area contributed by atoms with Crippen LogP contribution >= 0.6 is 0 Å². The Morgan fingerprint density at radius 1 is 0.763 bits per heavy atom. The van der Waals surface area contributed by atoms with Crippen molar-refractivity contribution in [3.8, 4) is 22.6 Å². The summed E-state index contributed by atoms with van der Waals surface area (Å²) in [6.45, 7) is 5.06. The van der Waals surface area contributed by atoms with Gasteiger partial charge in [0.15, 0.2) is 11.6 Å². The number of hydrogen-bond donors (Lipinski definition) is 0. The molecular weight excluding hydrogens is 485 g/mol. The average molecular weight is 525 g/mol. The summed E-state index contributed by atoms with van der Waals surface area (Å²) in [7, 11) is 0. The molecule has 1 aliphatic rings. The molecule has 1 saturated carbocycles. The van der Waals surface area contributed by atoms with E-state index in [1.54, 1.807) is 42.5 Å². The van der Waals surface area contributed by atoms with E-state index in [4.69, 9.17) is 9.47 Å². The summed E-state index contributed by atoms with van der Waals surface area (Å²) in [6.07, 6.45) is 9.59. The van der Waals surface area contributed by atoms with Gasteiger partial charge < -0.3 is 9.47 Å². The molecule has 204 valence electrons. The van der Waals surface area contributed by atoms with Crippen LogP contribution in [0.3, 0.4) is 0 Å². The molecule has 0 unspecified atom stereocenters. The van der Waals surface area contributed by atoms with E-state index in [1.165, 1.54) is 31.4 Å². The maximum atomic E-state index is 14.8. The number of ether oxygens (including phenoxy) is 2. The Kier molecular flexibility index (Phi) is 10.1. The number of unbranched alkanes of at least 4 members (excludes halogenated alkanes) is 4. The minimum absolute atomic E-state index is 0.0684. The first-order chi connectivity index (χ1) is 18.5. The summed E-state index contributed by atoms with van der Waals surface area (Å²) in [5.41, 5.74) is 2.44. The molecule has 0 spiro atoms. The zero-order valence-electron chi connectivity index (χ0n) is 22.6. The molecule has 0 radical (unpaired) electrons. The van der Waals surface area contributed by atoms with Gasteiger partial charge >= 0.3 is 0 Å². The summed E-state index contributed by atoms with van der Waals surface area (Å²) in [4.78, 5) is 0. The standard InChI is InChI=1S/C33H39F3O2/c1-3-4-5-6-7-20-37-27-16-17-28(30(34)21-27)25-14-10-24(11-15-25)22-38-31-19-18-29(32(35)33(31)36)26-12-8-23(2)9-13-26/h10-11,14-19,21,23,26H,3-9,12-13,20,22H2,1-2H3. The summed E-state index contributed by atoms with van der Waals surface area (Å²) in [6, 6.07) is 15.3. The van der Waals surface area contributed by atoms with Crippen LogP contribution in [0.4, 0.5) is 13.2 Å². The molecule has 0 aromatic heterocycles. The second kappa shape index (κ2) is 13.7. The highest BCUT2D eigenvalue weighted by Crippen LogP contribution is 2.38. The first-order valence-corrected chi connectivity index (χ1v) is 14.1. The van der Waals surface area contributed by atoms with Crippen LogP contribution in [0.5, 0.6) is 11.5 Å². The van der Waals surface area contributed by atoms with Crippen LogP contribution in [0.25, 0.3) is 11.1 Å². The number of halogens is 3. The predicted octanol–water partition coefficient (Wildman–Crippen LogP) is 9.99. The number of benzene rings is 3. The molecule has 0 atom stereocenters. The van der Waals surface area contributed by atoms with Crippen LogP contribution in [0.1, 0.15) is 88.7 Å². The lowest BCUT2D eigenvalue weighted by atomic mass is 9.79. The van der Waals surface area contributed by atoms with E-state index in [1.807, 2.05) is 0 Å². The second-order valence-electron chi connectivity index (χ2n) is 10.6. The quantitative estimate of drug-likeness (QED) is 0.220. The molecule has 0 heterocycles. The van der Waals surface area contributed by atoms with Gasteiger partial charge in [-0.1, -0.05) is 82.7 Å². The normalized spacial score (nSPS) is 17.4. The molecular formula is C33H39F3O2. The highest BCUT2D eigenvalue weighted by molar-refractivity contribution is 5.65. The third kappa shape index (κ3) is 7.33. The Morgan fingerprint density at radius 3 is 2.21 bits per heavy atom. The SMILES string of the molecule is CCCCCCCOc1ccc(-c2ccc(COc3ccc(C4CCC(C)CC4)c(F)c3F)cc2)c(F)c1. The molecule has 0 amide bonds. The zero-order valence-corrected chi connectivity index (χ0v) is 22.6. The third-order valence-corrected chi connectivity index (χ3v) is 7.65. The van der Waals surface area contributed by atoms with Crippen molar-refractivity contribution < 1.29 is 22.6 Å². The van der Waals surface area contributed by atoms with Crippen molar-refractivity contribution in [2.75, 3.05) is 6.61 Å². The molecule has 0 aliphatic heterocycles. The van der Waals surface area contributed by atoms with Gasteiger partial charge in [0, 0.05) is 11.6 Å². The van der Waals surface area contributed by atoms with Crippen LogP contribution in [0.2, 0.25) is 0 Å². The number of hydrogen-bond acceptors (Lipinski definition) is 2. The van der Waals surface area contributed by atoms with Crippen LogP contribution in [-0.2, 0) is 6.61 Å². The van der Waals surface area contributed by atoms with Crippen LogP contribution < -0.4 is 9.47 Å². The molecule has 4 rings (SSSR count). The van der Waals surface area contributed by atoms with Gasteiger partial charge in [-0.05, 0) is 66.0 Å². The van der Waals surface area contributed by atoms with Crippen LogP contribution in [0.15, 0.2) is 54.6 Å². The monoisotopic (exact) mass is 524 g/mol. The fraction of sp³-hybridized carbons (Fsp3) is 0.455. The number of rotatable bonds is 12. The van der Waals surface area contributed by atoms with Gasteiger partial charge in [-0.3, -0.25) is 0 Å². The van der Waals surface area contributed by atoms with E-state index < -0.39 is 11.6 Å². The minimum Gasteiger partial charge on any atom is -0.493 e. The van der Waals surface area contributed by atoms with E-state index in [9.17, 15) is 13.2 Å². The van der Waals surface area contributed by atoms with Crippen LogP contribution in [0, 0.1) is 23.4 Å². The van der Waals surface area contributed by atoms with Crippen molar-refractivity contribution in [1.82, 2.24) is 0 Å². The van der Waals surface area contributed by atoms with E-state index in [-0.39, 0.29) is 24.1 Å². The lowest BCUT2D eigenvalue weighted by molar-refractivity contribution is 0.282. The van der Waals surface area contributed by atoms with Crippen molar-refractivity contribution in [3.05, 3.63) is 83.2 Å². The van der Waals surface area contributed by atoms with E-state index in [0.29, 0.717) is 29.4 Å². The predicted molar refractivity (Wildman–Crippen MR) is 147 cm³/mol. The van der Waals surface area contributed by atoms with Gasteiger partial charge in [-0.2, -0.15) is 4.39 Å². The fourth-order valence-electron chi connectivity index (χ4n) is 5.20. The van der Waals surface area contributed by atoms with Gasteiger partial charge in [-0.25, -0.2) is 8.78 Å². The van der Waals surface area contributed by atoms with Crippen LogP contribution in [-0.4, -0.2) is 6.61 Å². The molecule has 0 N–H and O–H groups in total. The second-order valence-corrected chi connectivity index (χ2v) is 10.6. The van der Waals surface area contributed by atoms with Crippen molar-refractivity contribution >= 4 is 0 Å². The van der Waals surface area contributed by atoms with Crippen molar-refractivity contribution in [2.24, 2.45) is 5.92 Å². The third-order valence-electron chi connectivity index (χ3n) is 7.65. The highest BCUT2D eigenvalue weighted by Gasteiger charge is 2.25. The molecule has 3 aromatic rings. The maximum absolute atomic E-state index is 14.8. The Labute approximate surface area is 225 Å². The van der Waals surface area contributed by atoms with E-state index >= 15 is 0 Å². The molecule has 38 heavy (non-hydrogen) atoms. The van der Waals surface area contributed by atoms with Gasteiger partial charge in [-0.15, -0.1) is 0 Å². The molecule has 1 aliphatic carbocycles. The van der Waals surface area contributed by atoms with Gasteiger partial charge in [0.25, 0.3) is 0 Å². The first kappa shape index (κ1) is 28.1. The van der Waals surface area contributed by atoms with Crippen molar-refractivity contribution in [1.29, 1.82) is 0 Å².